The molecule has 9 heteroatoms. The van der Waals surface area contributed by atoms with Crippen LogP contribution in [0.3, 0.4) is 0 Å². The van der Waals surface area contributed by atoms with Gasteiger partial charge in [0.1, 0.15) is 6.61 Å². The summed E-state index contributed by atoms with van der Waals surface area (Å²) >= 11 is 0. The Morgan fingerprint density at radius 2 is 0.973 bits per heavy atom. The third kappa shape index (κ3) is 19.2. The minimum atomic E-state index is -0.299. The van der Waals surface area contributed by atoms with E-state index in [1.54, 1.807) is 7.11 Å². The molecule has 0 spiro atoms. The van der Waals surface area contributed by atoms with Crippen LogP contribution in [0.4, 0.5) is 0 Å². The zero-order valence-corrected chi connectivity index (χ0v) is 23.2. The molecule has 0 heterocycles. The average Bonchev–Trinajstić information content (AvgIpc) is 2.89. The molecule has 37 heavy (non-hydrogen) atoms. The number of methoxy groups -OCH3 is 1. The Bertz CT molecular complexity index is 652. The Kier molecular flexibility index (Phi) is 21.3. The number of hydrogen-bond donors (Lipinski definition) is 0. The topological polar surface area (TPSA) is 90.9 Å². The van der Waals surface area contributed by atoms with Gasteiger partial charge >= 0.3 is 5.97 Å². The molecule has 0 aliphatic rings. The molecule has 0 saturated carbocycles. The fourth-order valence-corrected chi connectivity index (χ4v) is 3.22. The van der Waals surface area contributed by atoms with E-state index in [1.807, 2.05) is 19.1 Å². The fourth-order valence-electron chi connectivity index (χ4n) is 3.22. The lowest BCUT2D eigenvalue weighted by atomic mass is 9.97. The van der Waals surface area contributed by atoms with Crippen LogP contribution in [0, 0.1) is 5.92 Å². The Morgan fingerprint density at radius 1 is 0.595 bits per heavy atom. The van der Waals surface area contributed by atoms with E-state index in [1.165, 1.54) is 5.56 Å². The highest BCUT2D eigenvalue weighted by molar-refractivity contribution is 5.77. The highest BCUT2D eigenvalue weighted by atomic mass is 16.6. The first-order chi connectivity index (χ1) is 18.0. The Balaban J connectivity index is 1.85. The van der Waals surface area contributed by atoms with Crippen molar-refractivity contribution >= 4 is 5.97 Å². The number of carbonyl (C=O) groups is 1. The fraction of sp³-hybridized carbons (Fsp3) is 0.750. The predicted octanol–water partition coefficient (Wildman–Crippen LogP) is 3.28. The number of hydrogen-bond acceptors (Lipinski definition) is 9. The molecule has 0 fully saturated rings. The van der Waals surface area contributed by atoms with E-state index >= 15 is 0 Å². The quantitative estimate of drug-likeness (QED) is 0.140. The van der Waals surface area contributed by atoms with Crippen molar-refractivity contribution in [1.29, 1.82) is 0 Å². The lowest BCUT2D eigenvalue weighted by Gasteiger charge is -2.13. The van der Waals surface area contributed by atoms with Crippen molar-refractivity contribution < 1.29 is 42.7 Å². The van der Waals surface area contributed by atoms with E-state index in [0.717, 1.165) is 12.0 Å². The van der Waals surface area contributed by atoms with Gasteiger partial charge in [-0.25, -0.2) is 0 Å². The van der Waals surface area contributed by atoms with Gasteiger partial charge in [0.25, 0.3) is 0 Å². The van der Waals surface area contributed by atoms with Crippen molar-refractivity contribution in [2.24, 2.45) is 5.92 Å². The molecule has 0 bridgehead atoms. The second-order valence-electron chi connectivity index (χ2n) is 8.90. The number of rotatable bonds is 25. The van der Waals surface area contributed by atoms with Gasteiger partial charge in [-0.1, -0.05) is 38.1 Å². The minimum Gasteiger partial charge on any atom is -0.463 e. The summed E-state index contributed by atoms with van der Waals surface area (Å²) in [7, 11) is 1.64. The molecule has 1 unspecified atom stereocenters. The third-order valence-corrected chi connectivity index (χ3v) is 5.24. The SMILES string of the molecule is COCCOCCOCCOCCOCCOCCOCCOC(=O)C(C)c1ccc(CC(C)C)cc1. The van der Waals surface area contributed by atoms with Crippen LogP contribution in [-0.2, 0) is 49.1 Å². The standard InChI is InChI=1S/C28H48O9/c1-24(2)23-26-5-7-27(8-6-26)25(3)28(29)37-22-21-36-20-19-35-18-17-34-16-15-33-14-13-32-12-11-31-10-9-30-4/h5-8,24-25H,9-23H2,1-4H3. The Morgan fingerprint density at radius 3 is 1.35 bits per heavy atom. The summed E-state index contributed by atoms with van der Waals surface area (Å²) in [5.41, 5.74) is 2.24. The van der Waals surface area contributed by atoms with E-state index < -0.39 is 0 Å². The van der Waals surface area contributed by atoms with Gasteiger partial charge < -0.3 is 37.9 Å². The lowest BCUT2D eigenvalue weighted by molar-refractivity contribution is -0.146. The molecule has 1 aromatic carbocycles. The molecule has 0 aliphatic heterocycles. The molecule has 0 radical (unpaired) electrons. The van der Waals surface area contributed by atoms with Crippen LogP contribution in [0.15, 0.2) is 24.3 Å². The summed E-state index contributed by atoms with van der Waals surface area (Å²) in [5.74, 6) is 0.0667. The van der Waals surface area contributed by atoms with Crippen LogP contribution in [0.1, 0.15) is 37.8 Å². The smallest absolute Gasteiger partial charge is 0.313 e. The molecule has 214 valence electrons. The van der Waals surface area contributed by atoms with Crippen molar-refractivity contribution in [3.63, 3.8) is 0 Å². The zero-order valence-electron chi connectivity index (χ0n) is 23.2. The van der Waals surface area contributed by atoms with Crippen LogP contribution in [0.2, 0.25) is 0 Å². The van der Waals surface area contributed by atoms with Crippen molar-refractivity contribution in [2.75, 3.05) is 99.6 Å². The van der Waals surface area contributed by atoms with Gasteiger partial charge in [-0.05, 0) is 30.4 Å². The van der Waals surface area contributed by atoms with Crippen LogP contribution in [-0.4, -0.2) is 106 Å². The second-order valence-corrected chi connectivity index (χ2v) is 8.90. The third-order valence-electron chi connectivity index (χ3n) is 5.24. The van der Waals surface area contributed by atoms with E-state index in [9.17, 15) is 4.79 Å². The number of ether oxygens (including phenoxy) is 8. The summed E-state index contributed by atoms with van der Waals surface area (Å²) < 4.78 is 42.7. The molecule has 0 N–H and O–H groups in total. The van der Waals surface area contributed by atoms with Crippen molar-refractivity contribution in [3.05, 3.63) is 35.4 Å². The molecule has 1 atom stereocenters. The van der Waals surface area contributed by atoms with E-state index in [2.05, 4.69) is 26.0 Å². The summed E-state index contributed by atoms with van der Waals surface area (Å²) in [6, 6.07) is 8.19. The monoisotopic (exact) mass is 528 g/mol. The van der Waals surface area contributed by atoms with Gasteiger partial charge in [0.05, 0.1) is 91.8 Å². The maximum absolute atomic E-state index is 12.3. The van der Waals surface area contributed by atoms with Crippen LogP contribution in [0.5, 0.6) is 0 Å². The van der Waals surface area contributed by atoms with Crippen molar-refractivity contribution in [2.45, 2.75) is 33.1 Å². The van der Waals surface area contributed by atoms with Crippen molar-refractivity contribution in [1.82, 2.24) is 0 Å². The molecule has 0 saturated heterocycles. The van der Waals surface area contributed by atoms with Gasteiger partial charge in [-0.2, -0.15) is 0 Å². The van der Waals surface area contributed by atoms with E-state index in [0.29, 0.717) is 91.8 Å². The Hall–Kier alpha value is -1.59. The maximum Gasteiger partial charge on any atom is 0.313 e. The first kappa shape index (κ1) is 33.4. The molecular formula is C28H48O9. The highest BCUT2D eigenvalue weighted by Crippen LogP contribution is 2.18. The summed E-state index contributed by atoms with van der Waals surface area (Å²) in [4.78, 5) is 12.3. The first-order valence-corrected chi connectivity index (χ1v) is 13.3. The first-order valence-electron chi connectivity index (χ1n) is 13.3. The van der Waals surface area contributed by atoms with Crippen LogP contribution >= 0.6 is 0 Å². The zero-order chi connectivity index (χ0) is 27.0. The van der Waals surface area contributed by atoms with E-state index in [4.69, 9.17) is 37.9 Å². The summed E-state index contributed by atoms with van der Waals surface area (Å²) in [5, 5.41) is 0. The van der Waals surface area contributed by atoms with Gasteiger partial charge in [0, 0.05) is 7.11 Å². The number of esters is 1. The maximum atomic E-state index is 12.3. The molecule has 1 rings (SSSR count). The van der Waals surface area contributed by atoms with E-state index in [-0.39, 0.29) is 18.5 Å². The average molecular weight is 529 g/mol. The molecular weight excluding hydrogens is 480 g/mol. The lowest BCUT2D eigenvalue weighted by Crippen LogP contribution is -2.17. The molecule has 9 nitrogen and oxygen atoms in total. The van der Waals surface area contributed by atoms with Crippen molar-refractivity contribution in [3.8, 4) is 0 Å². The van der Waals surface area contributed by atoms with Gasteiger partial charge in [0.15, 0.2) is 0 Å². The van der Waals surface area contributed by atoms with Gasteiger partial charge in [-0.3, -0.25) is 4.79 Å². The molecule has 0 amide bonds. The summed E-state index contributed by atoms with van der Waals surface area (Å²) in [6.45, 7) is 13.0. The molecule has 0 aromatic heterocycles. The minimum absolute atomic E-state index is 0.227. The number of benzene rings is 1. The molecule has 1 aromatic rings. The van der Waals surface area contributed by atoms with Gasteiger partial charge in [-0.15, -0.1) is 0 Å². The van der Waals surface area contributed by atoms with Crippen LogP contribution in [0.25, 0.3) is 0 Å². The summed E-state index contributed by atoms with van der Waals surface area (Å²) in [6.07, 6.45) is 1.03. The van der Waals surface area contributed by atoms with Crippen LogP contribution < -0.4 is 0 Å². The molecule has 0 aliphatic carbocycles. The highest BCUT2D eigenvalue weighted by Gasteiger charge is 2.16. The Labute approximate surface area is 223 Å². The second kappa shape index (κ2) is 23.5. The largest absolute Gasteiger partial charge is 0.463 e. The predicted molar refractivity (Wildman–Crippen MR) is 141 cm³/mol. The number of carbonyl (C=O) groups excluding carboxylic acids is 1. The van der Waals surface area contributed by atoms with Gasteiger partial charge in [0.2, 0.25) is 0 Å². The normalized spacial score (nSPS) is 12.2.